The molecule has 0 aliphatic rings. The average Bonchev–Trinajstić information content (AvgIpc) is 2.41. The largest absolute Gasteiger partial charge is 0.393 e. The summed E-state index contributed by atoms with van der Waals surface area (Å²) in [5.41, 5.74) is 2.37. The molecule has 0 saturated carbocycles. The molecule has 20 heavy (non-hydrogen) atoms. The van der Waals surface area contributed by atoms with Gasteiger partial charge in [-0.05, 0) is 44.0 Å². The van der Waals surface area contributed by atoms with E-state index in [4.69, 9.17) is 11.6 Å². The standard InChI is InChI=1S/C15H17ClN2O2/c1-9-8-12(16)15(11-4-3-7-17-14(9)11)18-13(20)6-5-10(2)19/h3-4,7-8,10,19H,5-6H2,1-2H3,(H,18,20). The average molecular weight is 293 g/mol. The number of nitrogens with zero attached hydrogens (tertiary/aromatic N) is 1. The van der Waals surface area contributed by atoms with Gasteiger partial charge in [0.15, 0.2) is 0 Å². The van der Waals surface area contributed by atoms with Crippen LogP contribution in [-0.2, 0) is 4.79 Å². The van der Waals surface area contributed by atoms with Gasteiger partial charge >= 0.3 is 0 Å². The number of aromatic nitrogens is 1. The topological polar surface area (TPSA) is 62.2 Å². The van der Waals surface area contributed by atoms with Gasteiger partial charge in [0.1, 0.15) is 0 Å². The molecule has 0 aliphatic heterocycles. The first-order valence-electron chi connectivity index (χ1n) is 6.50. The lowest BCUT2D eigenvalue weighted by molar-refractivity contribution is -0.116. The van der Waals surface area contributed by atoms with Gasteiger partial charge in [0.25, 0.3) is 0 Å². The molecule has 0 radical (unpaired) electrons. The number of nitrogens with one attached hydrogen (secondary N) is 1. The summed E-state index contributed by atoms with van der Waals surface area (Å²) in [6, 6.07) is 5.48. The lowest BCUT2D eigenvalue weighted by atomic mass is 10.1. The van der Waals surface area contributed by atoms with E-state index in [9.17, 15) is 9.90 Å². The third-order valence-electron chi connectivity index (χ3n) is 3.09. The minimum atomic E-state index is -0.493. The fourth-order valence-corrected chi connectivity index (χ4v) is 2.36. The highest BCUT2D eigenvalue weighted by Gasteiger charge is 2.13. The molecule has 1 amide bonds. The summed E-state index contributed by atoms with van der Waals surface area (Å²) >= 11 is 6.22. The molecule has 106 valence electrons. The van der Waals surface area contributed by atoms with E-state index in [0.29, 0.717) is 17.1 Å². The molecular formula is C15H17ClN2O2. The Morgan fingerprint density at radius 3 is 3.00 bits per heavy atom. The van der Waals surface area contributed by atoms with E-state index in [2.05, 4.69) is 10.3 Å². The third kappa shape index (κ3) is 3.26. The zero-order valence-electron chi connectivity index (χ0n) is 11.5. The van der Waals surface area contributed by atoms with Crippen LogP contribution in [0.4, 0.5) is 5.69 Å². The van der Waals surface area contributed by atoms with Crippen LogP contribution in [0.2, 0.25) is 5.02 Å². The molecule has 1 heterocycles. The zero-order chi connectivity index (χ0) is 14.7. The van der Waals surface area contributed by atoms with Crippen LogP contribution in [0.5, 0.6) is 0 Å². The molecule has 2 N–H and O–H groups in total. The van der Waals surface area contributed by atoms with E-state index in [-0.39, 0.29) is 12.3 Å². The van der Waals surface area contributed by atoms with E-state index in [1.807, 2.05) is 19.1 Å². The quantitative estimate of drug-likeness (QED) is 0.909. The Morgan fingerprint density at radius 1 is 1.55 bits per heavy atom. The van der Waals surface area contributed by atoms with Gasteiger partial charge in [-0.2, -0.15) is 0 Å². The van der Waals surface area contributed by atoms with Gasteiger partial charge in [0.2, 0.25) is 5.91 Å². The van der Waals surface area contributed by atoms with Crippen molar-refractivity contribution >= 4 is 34.1 Å². The number of carbonyl (C=O) groups excluding carboxylic acids is 1. The minimum absolute atomic E-state index is 0.165. The number of anilines is 1. The molecule has 1 atom stereocenters. The summed E-state index contributed by atoms with van der Waals surface area (Å²) in [5.74, 6) is -0.165. The molecule has 5 heteroatoms. The summed E-state index contributed by atoms with van der Waals surface area (Å²) in [7, 11) is 0. The molecule has 1 aromatic heterocycles. The number of benzene rings is 1. The molecule has 0 fully saturated rings. The maximum atomic E-state index is 11.9. The molecule has 0 spiro atoms. The molecular weight excluding hydrogens is 276 g/mol. The van der Waals surface area contributed by atoms with Crippen LogP contribution in [0.1, 0.15) is 25.3 Å². The van der Waals surface area contributed by atoms with E-state index in [1.165, 1.54) is 0 Å². The normalized spacial score (nSPS) is 12.4. The van der Waals surface area contributed by atoms with Gasteiger partial charge in [0.05, 0.1) is 22.3 Å². The second-order valence-electron chi connectivity index (χ2n) is 4.89. The first-order valence-corrected chi connectivity index (χ1v) is 6.88. The van der Waals surface area contributed by atoms with E-state index >= 15 is 0 Å². The Bertz CT molecular complexity index is 641. The monoisotopic (exact) mass is 292 g/mol. The van der Waals surface area contributed by atoms with Crippen LogP contribution in [-0.4, -0.2) is 22.1 Å². The van der Waals surface area contributed by atoms with Gasteiger partial charge in [-0.3, -0.25) is 9.78 Å². The first-order chi connectivity index (χ1) is 9.49. The van der Waals surface area contributed by atoms with Gasteiger partial charge < -0.3 is 10.4 Å². The van der Waals surface area contributed by atoms with E-state index in [1.54, 1.807) is 19.2 Å². The van der Waals surface area contributed by atoms with Crippen molar-refractivity contribution in [3.63, 3.8) is 0 Å². The molecule has 0 bridgehead atoms. The molecule has 0 saturated heterocycles. The number of aryl methyl sites for hydroxylation is 1. The fraction of sp³-hybridized carbons (Fsp3) is 0.333. The fourth-order valence-electron chi connectivity index (χ4n) is 2.05. The van der Waals surface area contributed by atoms with E-state index < -0.39 is 6.10 Å². The first kappa shape index (κ1) is 14.8. The van der Waals surface area contributed by atoms with Gasteiger partial charge in [-0.15, -0.1) is 0 Å². The number of carbonyl (C=O) groups is 1. The van der Waals surface area contributed by atoms with Crippen molar-refractivity contribution in [3.8, 4) is 0 Å². The lowest BCUT2D eigenvalue weighted by Gasteiger charge is -2.12. The van der Waals surface area contributed by atoms with Crippen LogP contribution in [0.25, 0.3) is 10.9 Å². The van der Waals surface area contributed by atoms with Crippen molar-refractivity contribution in [1.82, 2.24) is 4.98 Å². The Balaban J connectivity index is 2.32. The number of hydrogen-bond acceptors (Lipinski definition) is 3. The Morgan fingerprint density at radius 2 is 2.30 bits per heavy atom. The van der Waals surface area contributed by atoms with Crippen LogP contribution < -0.4 is 5.32 Å². The molecule has 1 unspecified atom stereocenters. The smallest absolute Gasteiger partial charge is 0.224 e. The number of aliphatic hydroxyl groups excluding tert-OH is 1. The molecule has 0 aliphatic carbocycles. The predicted octanol–water partition coefficient (Wildman–Crippen LogP) is 3.30. The van der Waals surface area contributed by atoms with Crippen LogP contribution in [0, 0.1) is 6.92 Å². The predicted molar refractivity (Wildman–Crippen MR) is 81.0 cm³/mol. The molecule has 4 nitrogen and oxygen atoms in total. The summed E-state index contributed by atoms with van der Waals surface area (Å²) in [4.78, 5) is 16.2. The van der Waals surface area contributed by atoms with Crippen molar-refractivity contribution < 1.29 is 9.90 Å². The zero-order valence-corrected chi connectivity index (χ0v) is 12.2. The van der Waals surface area contributed by atoms with Crippen LogP contribution >= 0.6 is 11.6 Å². The van der Waals surface area contributed by atoms with Crippen LogP contribution in [0.15, 0.2) is 24.4 Å². The number of halogens is 1. The number of aliphatic hydroxyl groups is 1. The maximum absolute atomic E-state index is 11.9. The second-order valence-corrected chi connectivity index (χ2v) is 5.29. The Labute approximate surface area is 122 Å². The van der Waals surface area contributed by atoms with Crippen molar-refractivity contribution in [2.45, 2.75) is 32.8 Å². The Kier molecular flexibility index (Phi) is 4.57. The number of pyridine rings is 1. The number of rotatable bonds is 4. The SMILES string of the molecule is Cc1cc(Cl)c(NC(=O)CCC(C)O)c2cccnc12. The van der Waals surface area contributed by atoms with Gasteiger partial charge in [-0.1, -0.05) is 11.6 Å². The highest BCUT2D eigenvalue weighted by molar-refractivity contribution is 6.35. The maximum Gasteiger partial charge on any atom is 0.224 e. The van der Waals surface area contributed by atoms with Gasteiger partial charge in [-0.25, -0.2) is 0 Å². The third-order valence-corrected chi connectivity index (χ3v) is 3.38. The second kappa shape index (κ2) is 6.20. The minimum Gasteiger partial charge on any atom is -0.393 e. The molecule has 2 rings (SSSR count). The molecule has 1 aromatic carbocycles. The highest BCUT2D eigenvalue weighted by atomic mass is 35.5. The van der Waals surface area contributed by atoms with Crippen molar-refractivity contribution in [2.75, 3.05) is 5.32 Å². The number of amides is 1. The summed E-state index contributed by atoms with van der Waals surface area (Å²) in [5, 5.41) is 13.3. The highest BCUT2D eigenvalue weighted by Crippen LogP contribution is 2.32. The van der Waals surface area contributed by atoms with E-state index in [0.717, 1.165) is 16.5 Å². The van der Waals surface area contributed by atoms with Crippen molar-refractivity contribution in [3.05, 3.63) is 35.0 Å². The summed E-state index contributed by atoms with van der Waals surface area (Å²) < 4.78 is 0. The van der Waals surface area contributed by atoms with Crippen molar-refractivity contribution in [1.29, 1.82) is 0 Å². The Hall–Kier alpha value is -1.65. The van der Waals surface area contributed by atoms with Crippen LogP contribution in [0.3, 0.4) is 0 Å². The van der Waals surface area contributed by atoms with Gasteiger partial charge in [0, 0.05) is 18.0 Å². The lowest BCUT2D eigenvalue weighted by Crippen LogP contribution is -2.14. The summed E-state index contributed by atoms with van der Waals surface area (Å²) in [6.45, 7) is 3.59. The number of fused-ring (bicyclic) bond motifs is 1. The molecule has 2 aromatic rings. The number of hydrogen-bond donors (Lipinski definition) is 2. The summed E-state index contributed by atoms with van der Waals surface area (Å²) in [6.07, 6.45) is 1.89. The van der Waals surface area contributed by atoms with Crippen molar-refractivity contribution in [2.24, 2.45) is 0 Å².